The van der Waals surface area contributed by atoms with Gasteiger partial charge in [0.1, 0.15) is 5.82 Å². The number of aliphatic hydroxyl groups excluding tert-OH is 1. The zero-order valence-corrected chi connectivity index (χ0v) is 19.8. The number of aromatic nitrogens is 4. The standard InChI is InChI=1S/C26H25FN6O3/c1-13(34)15-5-6-20(27)19(8-15)18-11-30-26(31-12-18)33-21-9-17(25(36)29-2)7-16(10-22(28)35)23(21)24(32-33)14-3-4-14/h5-9,11-14,34H,3-4,10H2,1-2H3,(H2,28,35)(H,29,36). The smallest absolute Gasteiger partial charge is 0.251 e. The Labute approximate surface area is 206 Å². The highest BCUT2D eigenvalue weighted by atomic mass is 19.1. The van der Waals surface area contributed by atoms with Gasteiger partial charge in [-0.15, -0.1) is 0 Å². The predicted molar refractivity (Wildman–Crippen MR) is 131 cm³/mol. The summed E-state index contributed by atoms with van der Waals surface area (Å²) in [5.41, 5.74) is 9.19. The monoisotopic (exact) mass is 488 g/mol. The summed E-state index contributed by atoms with van der Waals surface area (Å²) in [6.07, 6.45) is 4.14. The minimum absolute atomic E-state index is 0.0363. The minimum atomic E-state index is -0.745. The van der Waals surface area contributed by atoms with E-state index in [1.165, 1.54) is 31.6 Å². The molecule has 1 saturated carbocycles. The van der Waals surface area contributed by atoms with Crippen LogP contribution in [0.2, 0.25) is 0 Å². The number of halogens is 1. The SMILES string of the molecule is CNC(=O)c1cc(CC(N)=O)c2c(C3CC3)nn(-c3ncc(-c4cc(C(C)O)ccc4F)cn3)c2c1. The van der Waals surface area contributed by atoms with Gasteiger partial charge in [0.2, 0.25) is 5.91 Å². The van der Waals surface area contributed by atoms with Crippen LogP contribution in [0.5, 0.6) is 0 Å². The molecule has 2 aromatic heterocycles. The van der Waals surface area contributed by atoms with Crippen molar-refractivity contribution in [2.24, 2.45) is 5.73 Å². The molecule has 1 unspecified atom stereocenters. The first-order valence-corrected chi connectivity index (χ1v) is 11.6. The summed E-state index contributed by atoms with van der Waals surface area (Å²) in [5.74, 6) is -0.803. The molecule has 2 heterocycles. The van der Waals surface area contributed by atoms with Gasteiger partial charge in [0, 0.05) is 47.4 Å². The Morgan fingerprint density at radius 3 is 2.56 bits per heavy atom. The molecule has 0 radical (unpaired) electrons. The normalized spacial score (nSPS) is 14.1. The number of hydrogen-bond acceptors (Lipinski definition) is 6. The van der Waals surface area contributed by atoms with Crippen molar-refractivity contribution in [3.63, 3.8) is 0 Å². The van der Waals surface area contributed by atoms with Gasteiger partial charge in [0.15, 0.2) is 0 Å². The number of fused-ring (bicyclic) bond motifs is 1. The first-order valence-electron chi connectivity index (χ1n) is 11.6. The predicted octanol–water partition coefficient (Wildman–Crippen LogP) is 2.94. The van der Waals surface area contributed by atoms with Gasteiger partial charge >= 0.3 is 0 Å². The maximum Gasteiger partial charge on any atom is 0.251 e. The van der Waals surface area contributed by atoms with Crippen LogP contribution in [-0.4, -0.2) is 43.7 Å². The fourth-order valence-corrected chi connectivity index (χ4v) is 4.35. The van der Waals surface area contributed by atoms with Gasteiger partial charge in [0.25, 0.3) is 11.9 Å². The van der Waals surface area contributed by atoms with Crippen molar-refractivity contribution >= 4 is 22.7 Å². The number of benzene rings is 2. The number of carbonyl (C=O) groups is 2. The van der Waals surface area contributed by atoms with Crippen LogP contribution in [0.15, 0.2) is 42.7 Å². The second-order valence-electron chi connectivity index (χ2n) is 9.01. The molecule has 184 valence electrons. The van der Waals surface area contributed by atoms with Crippen LogP contribution in [-0.2, 0) is 11.2 Å². The summed E-state index contributed by atoms with van der Waals surface area (Å²) < 4.78 is 16.1. The van der Waals surface area contributed by atoms with Crippen molar-refractivity contribution in [3.05, 3.63) is 70.9 Å². The summed E-state index contributed by atoms with van der Waals surface area (Å²) in [6, 6.07) is 7.77. The summed E-state index contributed by atoms with van der Waals surface area (Å²) in [4.78, 5) is 33.2. The first kappa shape index (κ1) is 23.6. The quantitative estimate of drug-likeness (QED) is 0.366. The molecule has 0 spiro atoms. The molecule has 0 bridgehead atoms. The Morgan fingerprint density at radius 1 is 1.22 bits per heavy atom. The lowest BCUT2D eigenvalue weighted by Gasteiger charge is -2.10. The fraction of sp³-hybridized carbons (Fsp3) is 0.269. The summed E-state index contributed by atoms with van der Waals surface area (Å²) >= 11 is 0. The Balaban J connectivity index is 1.65. The third-order valence-corrected chi connectivity index (χ3v) is 6.32. The molecule has 1 aliphatic rings. The van der Waals surface area contributed by atoms with E-state index < -0.39 is 17.8 Å². The molecule has 0 saturated heterocycles. The third-order valence-electron chi connectivity index (χ3n) is 6.32. The number of rotatable bonds is 7. The van der Waals surface area contributed by atoms with E-state index >= 15 is 0 Å². The number of carbonyl (C=O) groups excluding carboxylic acids is 2. The van der Waals surface area contributed by atoms with Crippen LogP contribution in [0.4, 0.5) is 4.39 Å². The van der Waals surface area contributed by atoms with Crippen molar-refractivity contribution in [1.82, 2.24) is 25.1 Å². The zero-order chi connectivity index (χ0) is 25.6. The number of nitrogens with zero attached hydrogens (tertiary/aromatic N) is 4. The molecule has 1 atom stereocenters. The number of nitrogens with one attached hydrogen (secondary N) is 1. The van der Waals surface area contributed by atoms with E-state index in [2.05, 4.69) is 15.3 Å². The van der Waals surface area contributed by atoms with Crippen molar-refractivity contribution in [2.45, 2.75) is 38.2 Å². The number of nitrogens with two attached hydrogens (primary N) is 1. The lowest BCUT2D eigenvalue weighted by Crippen LogP contribution is -2.19. The van der Waals surface area contributed by atoms with Gasteiger partial charge in [-0.05, 0) is 55.2 Å². The van der Waals surface area contributed by atoms with E-state index in [1.54, 1.807) is 29.8 Å². The molecule has 2 aromatic carbocycles. The topological polar surface area (TPSA) is 136 Å². The summed E-state index contributed by atoms with van der Waals surface area (Å²) in [6.45, 7) is 1.61. The highest BCUT2D eigenvalue weighted by Gasteiger charge is 2.31. The molecule has 2 amide bonds. The second kappa shape index (κ2) is 9.12. The van der Waals surface area contributed by atoms with Crippen molar-refractivity contribution in [1.29, 1.82) is 0 Å². The average molecular weight is 489 g/mol. The fourth-order valence-electron chi connectivity index (χ4n) is 4.35. The van der Waals surface area contributed by atoms with E-state index in [0.29, 0.717) is 27.8 Å². The molecule has 4 N–H and O–H groups in total. The van der Waals surface area contributed by atoms with Gasteiger partial charge in [0.05, 0.1) is 23.7 Å². The Hall–Kier alpha value is -4.18. The second-order valence-corrected chi connectivity index (χ2v) is 9.01. The van der Waals surface area contributed by atoms with Crippen LogP contribution in [0.1, 0.15) is 59.0 Å². The Morgan fingerprint density at radius 2 is 1.94 bits per heavy atom. The van der Waals surface area contributed by atoms with E-state index in [4.69, 9.17) is 10.8 Å². The number of amides is 2. The third kappa shape index (κ3) is 4.31. The van der Waals surface area contributed by atoms with E-state index in [1.807, 2.05) is 0 Å². The van der Waals surface area contributed by atoms with E-state index in [0.717, 1.165) is 23.9 Å². The molecule has 1 fully saturated rings. The van der Waals surface area contributed by atoms with Gasteiger partial charge < -0.3 is 16.2 Å². The molecule has 4 aromatic rings. The maximum atomic E-state index is 14.5. The zero-order valence-electron chi connectivity index (χ0n) is 19.8. The molecular formula is C26H25FN6O3. The number of hydrogen-bond donors (Lipinski definition) is 3. The minimum Gasteiger partial charge on any atom is -0.389 e. The van der Waals surface area contributed by atoms with Crippen LogP contribution in [0, 0.1) is 5.82 Å². The molecule has 9 nitrogen and oxygen atoms in total. The number of primary amides is 1. The first-order chi connectivity index (χ1) is 17.3. The van der Waals surface area contributed by atoms with E-state index in [9.17, 15) is 19.1 Å². The van der Waals surface area contributed by atoms with Gasteiger partial charge in [-0.25, -0.2) is 14.4 Å². The van der Waals surface area contributed by atoms with Crippen LogP contribution < -0.4 is 11.1 Å². The van der Waals surface area contributed by atoms with Crippen molar-refractivity contribution < 1.29 is 19.1 Å². The van der Waals surface area contributed by atoms with Crippen molar-refractivity contribution in [3.8, 4) is 17.1 Å². The summed E-state index contributed by atoms with van der Waals surface area (Å²) in [5, 5.41) is 18.0. The summed E-state index contributed by atoms with van der Waals surface area (Å²) in [7, 11) is 1.53. The van der Waals surface area contributed by atoms with Gasteiger partial charge in [-0.2, -0.15) is 9.78 Å². The molecule has 10 heteroatoms. The van der Waals surface area contributed by atoms with Gasteiger partial charge in [-0.1, -0.05) is 6.07 Å². The highest BCUT2D eigenvalue weighted by molar-refractivity contribution is 6.01. The Kier molecular flexibility index (Phi) is 5.97. The highest BCUT2D eigenvalue weighted by Crippen LogP contribution is 2.44. The largest absolute Gasteiger partial charge is 0.389 e. The molecule has 0 aliphatic heterocycles. The average Bonchev–Trinajstić information content (AvgIpc) is 3.63. The molecule has 5 rings (SSSR count). The lowest BCUT2D eigenvalue weighted by molar-refractivity contribution is -0.117. The molecule has 1 aliphatic carbocycles. The van der Waals surface area contributed by atoms with Crippen molar-refractivity contribution in [2.75, 3.05) is 7.05 Å². The van der Waals surface area contributed by atoms with Crippen LogP contribution in [0.3, 0.4) is 0 Å². The molecular weight excluding hydrogens is 463 g/mol. The lowest BCUT2D eigenvalue weighted by atomic mass is 9.99. The molecule has 36 heavy (non-hydrogen) atoms. The van der Waals surface area contributed by atoms with Crippen LogP contribution in [0.25, 0.3) is 28.0 Å². The Bertz CT molecular complexity index is 1490. The van der Waals surface area contributed by atoms with Crippen LogP contribution >= 0.6 is 0 Å². The van der Waals surface area contributed by atoms with E-state index in [-0.39, 0.29) is 29.8 Å². The number of aliphatic hydroxyl groups is 1. The maximum absolute atomic E-state index is 14.5. The van der Waals surface area contributed by atoms with Gasteiger partial charge in [-0.3, -0.25) is 9.59 Å².